The molecule has 36 heavy (non-hydrogen) atoms. The van der Waals surface area contributed by atoms with Gasteiger partial charge < -0.3 is 4.90 Å². The first kappa shape index (κ1) is 19.8. The minimum atomic E-state index is 1.07. The van der Waals surface area contributed by atoms with Gasteiger partial charge in [0.1, 0.15) is 0 Å². The van der Waals surface area contributed by atoms with Crippen molar-refractivity contribution in [1.82, 2.24) is 4.98 Å². The van der Waals surface area contributed by atoms with E-state index in [1.165, 1.54) is 64.6 Å². The van der Waals surface area contributed by atoms with Crippen LogP contribution in [0.15, 0.2) is 122 Å². The van der Waals surface area contributed by atoms with Gasteiger partial charge in [-0.25, -0.2) is 0 Å². The molecule has 1 aliphatic rings. The molecular weight excluding hydrogens is 456 g/mol. The van der Waals surface area contributed by atoms with Gasteiger partial charge in [0, 0.05) is 37.3 Å². The normalized spacial score (nSPS) is 12.4. The third-order valence-electron chi connectivity index (χ3n) is 7.27. The number of hydrogen-bond acceptors (Lipinski definition) is 3. The van der Waals surface area contributed by atoms with E-state index in [4.69, 9.17) is 0 Å². The van der Waals surface area contributed by atoms with E-state index in [1.54, 1.807) is 0 Å². The Labute approximate surface area is 212 Å². The van der Waals surface area contributed by atoms with Gasteiger partial charge in [-0.05, 0) is 58.5 Å². The lowest BCUT2D eigenvalue weighted by Crippen LogP contribution is -2.15. The van der Waals surface area contributed by atoms with Crippen LogP contribution in [0.5, 0.6) is 0 Å². The number of pyridine rings is 1. The molecule has 0 spiro atoms. The topological polar surface area (TPSA) is 16.1 Å². The van der Waals surface area contributed by atoms with Crippen LogP contribution in [-0.2, 0) is 0 Å². The molecule has 3 heterocycles. The first-order valence-electron chi connectivity index (χ1n) is 12.1. The highest BCUT2D eigenvalue weighted by Gasteiger charge is 2.28. The molecule has 0 radical (unpaired) electrons. The molecule has 2 aromatic heterocycles. The molecule has 8 rings (SSSR count). The van der Waals surface area contributed by atoms with Gasteiger partial charge in [0.05, 0.1) is 23.3 Å². The highest BCUT2D eigenvalue weighted by molar-refractivity contribution is 7.25. The number of thiophene rings is 1. The Hall–Kier alpha value is -4.47. The molecule has 0 amide bonds. The number of benzene rings is 5. The van der Waals surface area contributed by atoms with E-state index >= 15 is 0 Å². The van der Waals surface area contributed by atoms with Crippen LogP contribution in [0.2, 0.25) is 0 Å². The summed E-state index contributed by atoms with van der Waals surface area (Å²) in [6.07, 6.45) is 3.80. The lowest BCUT2D eigenvalue weighted by Gasteiger charge is -2.34. The molecule has 0 saturated carbocycles. The minimum absolute atomic E-state index is 1.07. The maximum atomic E-state index is 4.48. The number of nitrogens with zero attached hydrogens (tertiary/aromatic N) is 2. The zero-order valence-corrected chi connectivity index (χ0v) is 20.2. The fourth-order valence-corrected chi connectivity index (χ4v) is 6.84. The van der Waals surface area contributed by atoms with Crippen molar-refractivity contribution >= 4 is 59.3 Å². The summed E-state index contributed by atoms with van der Waals surface area (Å²) in [5.41, 5.74) is 8.51. The Kier molecular flexibility index (Phi) is 4.13. The van der Waals surface area contributed by atoms with Crippen LogP contribution in [0.1, 0.15) is 0 Å². The average Bonchev–Trinajstić information content (AvgIpc) is 3.31. The van der Waals surface area contributed by atoms with Crippen LogP contribution >= 0.6 is 11.3 Å². The second-order valence-corrected chi connectivity index (χ2v) is 10.3. The second-order valence-electron chi connectivity index (χ2n) is 9.24. The molecule has 2 nitrogen and oxygen atoms in total. The molecule has 0 aliphatic carbocycles. The van der Waals surface area contributed by atoms with Crippen LogP contribution in [0.25, 0.3) is 53.2 Å². The summed E-state index contributed by atoms with van der Waals surface area (Å²) in [4.78, 5) is 6.86. The van der Waals surface area contributed by atoms with Gasteiger partial charge in [0.25, 0.3) is 0 Å². The van der Waals surface area contributed by atoms with Crippen LogP contribution in [-0.4, -0.2) is 4.98 Å². The molecule has 7 aromatic rings. The van der Waals surface area contributed by atoms with E-state index in [0.29, 0.717) is 0 Å². The van der Waals surface area contributed by atoms with E-state index < -0.39 is 0 Å². The van der Waals surface area contributed by atoms with Crippen molar-refractivity contribution in [3.63, 3.8) is 0 Å². The van der Waals surface area contributed by atoms with Crippen molar-refractivity contribution in [3.05, 3.63) is 122 Å². The molecule has 0 bridgehead atoms. The number of rotatable bonds is 2. The zero-order chi connectivity index (χ0) is 23.6. The van der Waals surface area contributed by atoms with Gasteiger partial charge in [-0.3, -0.25) is 4.98 Å². The van der Waals surface area contributed by atoms with Crippen molar-refractivity contribution in [2.75, 3.05) is 4.90 Å². The molecule has 3 heteroatoms. The Bertz CT molecular complexity index is 1940. The van der Waals surface area contributed by atoms with E-state index in [-0.39, 0.29) is 0 Å². The number of aromatic nitrogens is 1. The summed E-state index contributed by atoms with van der Waals surface area (Å²) in [7, 11) is 0. The summed E-state index contributed by atoms with van der Waals surface area (Å²) < 4.78 is 2.63. The van der Waals surface area contributed by atoms with E-state index in [9.17, 15) is 0 Å². The molecule has 168 valence electrons. The SMILES string of the molecule is c1ccc(-c2ccc3c4c(cccc24)-c2cc4c(cc2N3c2cccnc2)sc2ccccc24)cc1. The molecule has 0 atom stereocenters. The van der Waals surface area contributed by atoms with Crippen molar-refractivity contribution in [2.24, 2.45) is 0 Å². The summed E-state index contributed by atoms with van der Waals surface area (Å²) >= 11 is 1.86. The van der Waals surface area contributed by atoms with E-state index in [1.807, 2.05) is 29.8 Å². The maximum absolute atomic E-state index is 4.48. The number of hydrogen-bond donors (Lipinski definition) is 0. The Morgan fingerprint density at radius 3 is 2.31 bits per heavy atom. The molecule has 5 aromatic carbocycles. The zero-order valence-electron chi connectivity index (χ0n) is 19.3. The lowest BCUT2D eigenvalue weighted by molar-refractivity contribution is 1.23. The average molecular weight is 477 g/mol. The van der Waals surface area contributed by atoms with Gasteiger partial charge in [-0.2, -0.15) is 0 Å². The fraction of sp³-hybridized carbons (Fsp3) is 0. The van der Waals surface area contributed by atoms with Gasteiger partial charge in [-0.15, -0.1) is 11.3 Å². The first-order chi connectivity index (χ1) is 17.9. The fourth-order valence-electron chi connectivity index (χ4n) is 5.72. The van der Waals surface area contributed by atoms with Crippen molar-refractivity contribution in [2.45, 2.75) is 0 Å². The number of anilines is 3. The number of fused-ring (bicyclic) bond motifs is 5. The van der Waals surface area contributed by atoms with Gasteiger partial charge in [-0.1, -0.05) is 72.8 Å². The van der Waals surface area contributed by atoms with Gasteiger partial charge in [0.2, 0.25) is 0 Å². The third kappa shape index (κ3) is 2.75. The predicted molar refractivity (Wildman–Crippen MR) is 154 cm³/mol. The van der Waals surface area contributed by atoms with Crippen molar-refractivity contribution in [1.29, 1.82) is 0 Å². The van der Waals surface area contributed by atoms with Crippen LogP contribution < -0.4 is 4.90 Å². The Morgan fingerprint density at radius 1 is 0.556 bits per heavy atom. The van der Waals surface area contributed by atoms with Crippen LogP contribution in [0.3, 0.4) is 0 Å². The maximum Gasteiger partial charge on any atom is 0.0645 e. The summed E-state index contributed by atoms with van der Waals surface area (Å²) in [6.45, 7) is 0. The monoisotopic (exact) mass is 476 g/mol. The first-order valence-corrected chi connectivity index (χ1v) is 13.0. The van der Waals surface area contributed by atoms with E-state index in [0.717, 1.165) is 5.69 Å². The largest absolute Gasteiger partial charge is 0.308 e. The van der Waals surface area contributed by atoms with Gasteiger partial charge in [0.15, 0.2) is 0 Å². The quantitative estimate of drug-likeness (QED) is 0.247. The van der Waals surface area contributed by atoms with Crippen LogP contribution in [0.4, 0.5) is 17.1 Å². The molecule has 1 aliphatic heterocycles. The third-order valence-corrected chi connectivity index (χ3v) is 8.41. The minimum Gasteiger partial charge on any atom is -0.308 e. The summed E-state index contributed by atoms with van der Waals surface area (Å²) in [6, 6.07) is 39.6. The highest BCUT2D eigenvalue weighted by atomic mass is 32.1. The smallest absolute Gasteiger partial charge is 0.0645 e. The molecule has 0 unspecified atom stereocenters. The molecular formula is C33H20N2S. The Balaban J connectivity index is 1.52. The Morgan fingerprint density at radius 2 is 1.42 bits per heavy atom. The molecule has 0 fully saturated rings. The van der Waals surface area contributed by atoms with E-state index in [2.05, 4.69) is 113 Å². The highest BCUT2D eigenvalue weighted by Crippen LogP contribution is 2.54. The van der Waals surface area contributed by atoms with Crippen molar-refractivity contribution in [3.8, 4) is 22.3 Å². The lowest BCUT2D eigenvalue weighted by atomic mass is 9.87. The standard InChI is InChI=1S/C33H20N2S/c1-2-8-21(9-3-1)23-15-16-29-33-25(23)12-6-13-26(33)27-18-28-24-11-4-5-14-31(24)36-32(28)19-30(27)35(29)22-10-7-17-34-20-22/h1-20H. The summed E-state index contributed by atoms with van der Waals surface area (Å²) in [5.74, 6) is 0. The van der Waals surface area contributed by atoms with Crippen molar-refractivity contribution < 1.29 is 0 Å². The summed E-state index contributed by atoms with van der Waals surface area (Å²) in [5, 5.41) is 5.20. The predicted octanol–water partition coefficient (Wildman–Crippen LogP) is 9.72. The second kappa shape index (κ2) is 7.51. The van der Waals surface area contributed by atoms with Crippen LogP contribution in [0, 0.1) is 0 Å². The van der Waals surface area contributed by atoms with Gasteiger partial charge >= 0.3 is 0 Å². The molecule has 0 N–H and O–H groups in total. The molecule has 0 saturated heterocycles.